The number of carbonyl (C=O) groups is 1. The third-order valence-corrected chi connectivity index (χ3v) is 3.25. The molecule has 7 heteroatoms. The lowest BCUT2D eigenvalue weighted by Crippen LogP contribution is -2.26. The normalized spacial score (nSPS) is 10.3. The van der Waals surface area contributed by atoms with Gasteiger partial charge in [0.15, 0.2) is 0 Å². The highest BCUT2D eigenvalue weighted by Crippen LogP contribution is 2.26. The summed E-state index contributed by atoms with van der Waals surface area (Å²) < 4.78 is 10.3. The van der Waals surface area contributed by atoms with E-state index in [2.05, 4.69) is 20.6 Å². The Labute approximate surface area is 141 Å². The third kappa shape index (κ3) is 4.92. The summed E-state index contributed by atoms with van der Waals surface area (Å²) in [5.41, 5.74) is 1.09. The molecule has 0 unspecified atom stereocenters. The lowest BCUT2D eigenvalue weighted by Gasteiger charge is -2.11. The van der Waals surface area contributed by atoms with Gasteiger partial charge in [0, 0.05) is 26.3 Å². The standard InChI is InChI=1S/C17H22N4O3/c1-12-19-14(17(22)18-9-6-10-23-2)11-16(20-12)21-13-7-4-5-8-15(13)24-3/h4-5,7-8,11H,6,9-10H2,1-3H3,(H,18,22)(H,19,20,21). The number of aryl methyl sites for hydroxylation is 1. The average molecular weight is 330 g/mol. The van der Waals surface area contributed by atoms with E-state index in [-0.39, 0.29) is 5.91 Å². The first-order chi connectivity index (χ1) is 11.6. The van der Waals surface area contributed by atoms with Gasteiger partial charge in [-0.3, -0.25) is 4.79 Å². The minimum absolute atomic E-state index is 0.236. The number of ether oxygens (including phenoxy) is 2. The molecule has 1 aromatic carbocycles. The van der Waals surface area contributed by atoms with Crippen molar-refractivity contribution in [3.63, 3.8) is 0 Å². The highest BCUT2D eigenvalue weighted by atomic mass is 16.5. The van der Waals surface area contributed by atoms with Crippen molar-refractivity contribution in [1.29, 1.82) is 0 Å². The van der Waals surface area contributed by atoms with Gasteiger partial charge in [0.25, 0.3) is 5.91 Å². The molecule has 0 bridgehead atoms. The smallest absolute Gasteiger partial charge is 0.270 e. The average Bonchev–Trinajstić information content (AvgIpc) is 2.58. The molecule has 1 aromatic heterocycles. The molecule has 0 aliphatic rings. The van der Waals surface area contributed by atoms with Crippen LogP contribution >= 0.6 is 0 Å². The largest absolute Gasteiger partial charge is 0.495 e. The highest BCUT2D eigenvalue weighted by Gasteiger charge is 2.11. The minimum atomic E-state index is -0.236. The number of hydrogen-bond donors (Lipinski definition) is 2. The van der Waals surface area contributed by atoms with Crippen molar-refractivity contribution in [2.24, 2.45) is 0 Å². The molecule has 0 radical (unpaired) electrons. The molecule has 0 fully saturated rings. The van der Waals surface area contributed by atoms with Crippen LogP contribution in [0, 0.1) is 6.92 Å². The maximum absolute atomic E-state index is 12.2. The Morgan fingerprint density at radius 2 is 2.00 bits per heavy atom. The fourth-order valence-corrected chi connectivity index (χ4v) is 2.14. The molecule has 24 heavy (non-hydrogen) atoms. The van der Waals surface area contributed by atoms with Crippen LogP contribution in [0.25, 0.3) is 0 Å². The third-order valence-electron chi connectivity index (χ3n) is 3.25. The number of methoxy groups -OCH3 is 2. The van der Waals surface area contributed by atoms with Gasteiger partial charge in [-0.1, -0.05) is 12.1 Å². The maximum Gasteiger partial charge on any atom is 0.270 e. The van der Waals surface area contributed by atoms with Crippen LogP contribution in [0.4, 0.5) is 11.5 Å². The second-order valence-electron chi connectivity index (χ2n) is 5.11. The summed E-state index contributed by atoms with van der Waals surface area (Å²) in [7, 11) is 3.23. The van der Waals surface area contributed by atoms with Crippen LogP contribution < -0.4 is 15.4 Å². The van der Waals surface area contributed by atoms with E-state index in [1.165, 1.54) is 0 Å². The van der Waals surface area contributed by atoms with Crippen LogP contribution in [-0.4, -0.2) is 43.2 Å². The Morgan fingerprint density at radius 1 is 1.21 bits per heavy atom. The van der Waals surface area contributed by atoms with Crippen LogP contribution in [0.2, 0.25) is 0 Å². The molecule has 1 heterocycles. The quantitative estimate of drug-likeness (QED) is 0.723. The number of rotatable bonds is 8. The fourth-order valence-electron chi connectivity index (χ4n) is 2.14. The molecule has 0 saturated carbocycles. The molecule has 7 nitrogen and oxygen atoms in total. The highest BCUT2D eigenvalue weighted by molar-refractivity contribution is 5.93. The van der Waals surface area contributed by atoms with Gasteiger partial charge in [-0.15, -0.1) is 0 Å². The van der Waals surface area contributed by atoms with Gasteiger partial charge in [-0.25, -0.2) is 9.97 Å². The Kier molecular flexibility index (Phi) is 6.51. The number of aromatic nitrogens is 2. The van der Waals surface area contributed by atoms with Crippen LogP contribution in [0.3, 0.4) is 0 Å². The summed E-state index contributed by atoms with van der Waals surface area (Å²) in [4.78, 5) is 20.7. The van der Waals surface area contributed by atoms with E-state index in [0.717, 1.165) is 12.1 Å². The van der Waals surface area contributed by atoms with E-state index >= 15 is 0 Å². The van der Waals surface area contributed by atoms with Crippen molar-refractivity contribution in [2.45, 2.75) is 13.3 Å². The second-order valence-corrected chi connectivity index (χ2v) is 5.11. The van der Waals surface area contributed by atoms with Gasteiger partial charge in [-0.2, -0.15) is 0 Å². The summed E-state index contributed by atoms with van der Waals surface area (Å²) in [6.45, 7) is 2.88. The van der Waals surface area contributed by atoms with Gasteiger partial charge >= 0.3 is 0 Å². The lowest BCUT2D eigenvalue weighted by molar-refractivity contribution is 0.0943. The van der Waals surface area contributed by atoms with Crippen LogP contribution in [0.1, 0.15) is 22.7 Å². The number of nitrogens with zero attached hydrogens (tertiary/aromatic N) is 2. The molecule has 2 rings (SSSR count). The van der Waals surface area contributed by atoms with Crippen molar-refractivity contribution in [2.75, 3.05) is 32.7 Å². The number of hydrogen-bond acceptors (Lipinski definition) is 6. The van der Waals surface area contributed by atoms with Gasteiger partial charge in [0.05, 0.1) is 12.8 Å². The number of anilines is 2. The Morgan fingerprint density at radius 3 is 2.75 bits per heavy atom. The van der Waals surface area contributed by atoms with Crippen molar-refractivity contribution in [3.05, 3.63) is 41.9 Å². The molecule has 2 aromatic rings. The molecule has 0 aliphatic carbocycles. The van der Waals surface area contributed by atoms with E-state index in [1.807, 2.05) is 24.3 Å². The molecule has 0 aliphatic heterocycles. The van der Waals surface area contributed by atoms with Gasteiger partial charge in [-0.05, 0) is 25.5 Å². The molecule has 1 amide bonds. The SMILES string of the molecule is COCCCNC(=O)c1cc(Nc2ccccc2OC)nc(C)n1. The van der Waals surface area contributed by atoms with E-state index in [4.69, 9.17) is 9.47 Å². The second kappa shape index (κ2) is 8.83. The lowest BCUT2D eigenvalue weighted by atomic mass is 10.3. The first-order valence-electron chi connectivity index (χ1n) is 7.67. The number of benzene rings is 1. The molecule has 0 spiro atoms. The number of para-hydroxylation sites is 2. The van der Waals surface area contributed by atoms with Gasteiger partial charge < -0.3 is 20.1 Å². The summed E-state index contributed by atoms with van der Waals surface area (Å²) in [5, 5.41) is 5.97. The molecular formula is C17H22N4O3. The summed E-state index contributed by atoms with van der Waals surface area (Å²) >= 11 is 0. The van der Waals surface area contributed by atoms with Crippen molar-refractivity contribution >= 4 is 17.4 Å². The molecule has 128 valence electrons. The zero-order chi connectivity index (χ0) is 17.4. The summed E-state index contributed by atoms with van der Waals surface area (Å²) in [6.07, 6.45) is 0.749. The summed E-state index contributed by atoms with van der Waals surface area (Å²) in [5.74, 6) is 1.50. The molecule has 0 saturated heterocycles. The van der Waals surface area contributed by atoms with Crippen molar-refractivity contribution < 1.29 is 14.3 Å². The predicted molar refractivity (Wildman–Crippen MR) is 91.9 cm³/mol. The van der Waals surface area contributed by atoms with Gasteiger partial charge in [0.2, 0.25) is 0 Å². The van der Waals surface area contributed by atoms with E-state index in [1.54, 1.807) is 27.2 Å². The Bertz CT molecular complexity index is 691. The zero-order valence-electron chi connectivity index (χ0n) is 14.1. The van der Waals surface area contributed by atoms with Crippen molar-refractivity contribution in [1.82, 2.24) is 15.3 Å². The molecule has 2 N–H and O–H groups in total. The first-order valence-corrected chi connectivity index (χ1v) is 7.67. The van der Waals surface area contributed by atoms with Gasteiger partial charge in [0.1, 0.15) is 23.1 Å². The zero-order valence-corrected chi connectivity index (χ0v) is 14.1. The van der Waals surface area contributed by atoms with Crippen LogP contribution in [0.15, 0.2) is 30.3 Å². The van der Waals surface area contributed by atoms with Crippen LogP contribution in [-0.2, 0) is 4.74 Å². The number of carbonyl (C=O) groups excluding carboxylic acids is 1. The first kappa shape index (κ1) is 17.7. The summed E-state index contributed by atoms with van der Waals surface area (Å²) in [6, 6.07) is 9.11. The predicted octanol–water partition coefficient (Wildman–Crippen LogP) is 2.30. The van der Waals surface area contributed by atoms with E-state index < -0.39 is 0 Å². The Hall–Kier alpha value is -2.67. The molecular weight excluding hydrogens is 308 g/mol. The monoisotopic (exact) mass is 330 g/mol. The number of amides is 1. The van der Waals surface area contributed by atoms with E-state index in [0.29, 0.717) is 36.2 Å². The topological polar surface area (TPSA) is 85.4 Å². The number of nitrogens with one attached hydrogen (secondary N) is 2. The van der Waals surface area contributed by atoms with E-state index in [9.17, 15) is 4.79 Å². The minimum Gasteiger partial charge on any atom is -0.495 e. The van der Waals surface area contributed by atoms with Crippen molar-refractivity contribution in [3.8, 4) is 5.75 Å². The van der Waals surface area contributed by atoms with Crippen LogP contribution in [0.5, 0.6) is 5.75 Å². The fraction of sp³-hybridized carbons (Fsp3) is 0.353. The maximum atomic E-state index is 12.2. The molecule has 0 atom stereocenters. The Balaban J connectivity index is 2.12.